The molecule has 4 aromatic rings. The maximum absolute atomic E-state index is 12.5. The van der Waals surface area contributed by atoms with Gasteiger partial charge >= 0.3 is 0 Å². The number of benzene rings is 2. The summed E-state index contributed by atoms with van der Waals surface area (Å²) in [6.45, 7) is 4.03. The molecule has 30 heavy (non-hydrogen) atoms. The minimum absolute atomic E-state index is 0.284. The molecule has 152 valence electrons. The molecule has 0 saturated heterocycles. The van der Waals surface area contributed by atoms with E-state index in [9.17, 15) is 4.79 Å². The summed E-state index contributed by atoms with van der Waals surface area (Å²) >= 11 is 1.09. The summed E-state index contributed by atoms with van der Waals surface area (Å²) in [5, 5.41) is 11.6. The molecule has 4 rings (SSSR count). The SMILES string of the molecule is CCc1ccc(-n2nnc(-c3nsc(NC(=O)c4cccc(OC)c4)n3)c2C)cc1. The predicted octanol–water partition coefficient (Wildman–Crippen LogP) is 3.92. The Morgan fingerprint density at radius 1 is 1.20 bits per heavy atom. The summed E-state index contributed by atoms with van der Waals surface area (Å²) in [6, 6.07) is 15.1. The van der Waals surface area contributed by atoms with Crippen LogP contribution in [0, 0.1) is 6.92 Å². The molecule has 0 aliphatic heterocycles. The average Bonchev–Trinajstić information content (AvgIpc) is 3.40. The van der Waals surface area contributed by atoms with E-state index in [0.717, 1.165) is 29.3 Å². The lowest BCUT2D eigenvalue weighted by molar-refractivity contribution is 0.102. The van der Waals surface area contributed by atoms with Crippen molar-refractivity contribution in [1.29, 1.82) is 0 Å². The smallest absolute Gasteiger partial charge is 0.257 e. The number of aryl methyl sites for hydroxylation is 1. The first-order valence-electron chi connectivity index (χ1n) is 9.40. The van der Waals surface area contributed by atoms with Gasteiger partial charge in [-0.1, -0.05) is 30.3 Å². The van der Waals surface area contributed by atoms with Crippen molar-refractivity contribution in [3.05, 3.63) is 65.4 Å². The number of hydrogen-bond acceptors (Lipinski definition) is 7. The van der Waals surface area contributed by atoms with Crippen LogP contribution in [0.2, 0.25) is 0 Å². The number of carbonyl (C=O) groups is 1. The van der Waals surface area contributed by atoms with Gasteiger partial charge in [0.15, 0.2) is 11.5 Å². The number of amides is 1. The molecule has 0 aliphatic carbocycles. The number of nitrogens with one attached hydrogen (secondary N) is 1. The van der Waals surface area contributed by atoms with Gasteiger partial charge in [0.05, 0.1) is 18.5 Å². The lowest BCUT2D eigenvalue weighted by Crippen LogP contribution is -2.11. The fourth-order valence-corrected chi connectivity index (χ4v) is 3.52. The van der Waals surface area contributed by atoms with Gasteiger partial charge in [-0.15, -0.1) is 5.10 Å². The minimum atomic E-state index is -0.284. The third-order valence-corrected chi connectivity index (χ3v) is 5.30. The van der Waals surface area contributed by atoms with Crippen molar-refractivity contribution in [2.45, 2.75) is 20.3 Å². The van der Waals surface area contributed by atoms with Crippen LogP contribution in [0.15, 0.2) is 48.5 Å². The van der Waals surface area contributed by atoms with Gasteiger partial charge in [-0.05, 0) is 49.2 Å². The highest BCUT2D eigenvalue weighted by Crippen LogP contribution is 2.24. The van der Waals surface area contributed by atoms with Crippen molar-refractivity contribution in [3.63, 3.8) is 0 Å². The van der Waals surface area contributed by atoms with E-state index in [0.29, 0.717) is 28.0 Å². The molecule has 1 N–H and O–H groups in total. The van der Waals surface area contributed by atoms with Crippen LogP contribution in [0.4, 0.5) is 5.13 Å². The fraction of sp³-hybridized carbons (Fsp3) is 0.190. The molecule has 0 unspecified atom stereocenters. The number of nitrogens with zero attached hydrogens (tertiary/aromatic N) is 5. The summed E-state index contributed by atoms with van der Waals surface area (Å²) in [5.41, 5.74) is 4.05. The zero-order valence-electron chi connectivity index (χ0n) is 16.8. The van der Waals surface area contributed by atoms with Crippen molar-refractivity contribution in [3.8, 4) is 23.0 Å². The first kappa shape index (κ1) is 19.7. The Labute approximate surface area is 177 Å². The van der Waals surface area contributed by atoms with Gasteiger partial charge in [-0.3, -0.25) is 10.1 Å². The van der Waals surface area contributed by atoms with Crippen molar-refractivity contribution in [1.82, 2.24) is 24.4 Å². The van der Waals surface area contributed by atoms with Crippen LogP contribution >= 0.6 is 11.5 Å². The monoisotopic (exact) mass is 420 g/mol. The van der Waals surface area contributed by atoms with Gasteiger partial charge in [0.2, 0.25) is 5.13 Å². The van der Waals surface area contributed by atoms with E-state index in [1.807, 2.05) is 19.1 Å². The highest BCUT2D eigenvalue weighted by molar-refractivity contribution is 7.10. The van der Waals surface area contributed by atoms with E-state index in [1.54, 1.807) is 36.1 Å². The van der Waals surface area contributed by atoms with E-state index in [4.69, 9.17) is 4.74 Å². The lowest BCUT2D eigenvalue weighted by atomic mass is 10.1. The molecule has 8 nitrogen and oxygen atoms in total. The maximum Gasteiger partial charge on any atom is 0.257 e. The molecule has 2 aromatic heterocycles. The quantitative estimate of drug-likeness (QED) is 0.508. The van der Waals surface area contributed by atoms with Crippen molar-refractivity contribution in [2.75, 3.05) is 12.4 Å². The first-order valence-corrected chi connectivity index (χ1v) is 10.2. The van der Waals surface area contributed by atoms with Crippen LogP contribution in [0.1, 0.15) is 28.5 Å². The lowest BCUT2D eigenvalue weighted by Gasteiger charge is -2.04. The Bertz CT molecular complexity index is 1180. The predicted molar refractivity (Wildman–Crippen MR) is 115 cm³/mol. The first-order chi connectivity index (χ1) is 14.6. The van der Waals surface area contributed by atoms with E-state index < -0.39 is 0 Å². The Balaban J connectivity index is 1.54. The molecule has 0 saturated carbocycles. The van der Waals surface area contributed by atoms with Gasteiger partial charge in [0.25, 0.3) is 5.91 Å². The third-order valence-electron chi connectivity index (χ3n) is 4.67. The minimum Gasteiger partial charge on any atom is -0.497 e. The van der Waals surface area contributed by atoms with Gasteiger partial charge in [0.1, 0.15) is 5.75 Å². The molecular formula is C21H20N6O2S. The number of methoxy groups -OCH3 is 1. The van der Waals surface area contributed by atoms with Crippen molar-refractivity contribution >= 4 is 22.6 Å². The Morgan fingerprint density at radius 3 is 2.73 bits per heavy atom. The number of carbonyl (C=O) groups excluding carboxylic acids is 1. The summed E-state index contributed by atoms with van der Waals surface area (Å²) in [5.74, 6) is 0.752. The van der Waals surface area contributed by atoms with E-state index in [2.05, 4.69) is 44.0 Å². The van der Waals surface area contributed by atoms with Crippen LogP contribution < -0.4 is 10.1 Å². The van der Waals surface area contributed by atoms with Gasteiger partial charge < -0.3 is 4.74 Å². The van der Waals surface area contributed by atoms with Crippen LogP contribution in [-0.4, -0.2) is 37.4 Å². The maximum atomic E-state index is 12.5. The summed E-state index contributed by atoms with van der Waals surface area (Å²) in [7, 11) is 1.56. The Hall–Kier alpha value is -3.59. The topological polar surface area (TPSA) is 94.8 Å². The molecular weight excluding hydrogens is 400 g/mol. The Morgan fingerprint density at radius 2 is 2.00 bits per heavy atom. The number of aromatic nitrogens is 5. The van der Waals surface area contributed by atoms with Crippen LogP contribution in [-0.2, 0) is 6.42 Å². The molecule has 1 amide bonds. The van der Waals surface area contributed by atoms with Crippen LogP contribution in [0.3, 0.4) is 0 Å². The summed E-state index contributed by atoms with van der Waals surface area (Å²) in [6.07, 6.45) is 0.981. The largest absolute Gasteiger partial charge is 0.497 e. The number of anilines is 1. The van der Waals surface area contributed by atoms with Gasteiger partial charge in [-0.2, -0.15) is 9.36 Å². The second-order valence-electron chi connectivity index (χ2n) is 6.56. The molecule has 0 spiro atoms. The number of hydrogen-bond donors (Lipinski definition) is 1. The van der Waals surface area contributed by atoms with E-state index >= 15 is 0 Å². The standard InChI is InChI=1S/C21H20N6O2S/c1-4-14-8-10-16(11-9-14)27-13(2)18(24-26-27)19-22-21(30-25-19)23-20(28)15-6-5-7-17(12-15)29-3/h5-12H,4H2,1-3H3,(H,22,23,25,28). The molecule has 0 fully saturated rings. The zero-order chi connectivity index (χ0) is 21.1. The van der Waals surface area contributed by atoms with Gasteiger partial charge in [-0.25, -0.2) is 4.68 Å². The molecule has 9 heteroatoms. The molecule has 2 aromatic carbocycles. The molecule has 2 heterocycles. The normalized spacial score (nSPS) is 10.8. The second-order valence-corrected chi connectivity index (χ2v) is 7.32. The van der Waals surface area contributed by atoms with Crippen LogP contribution in [0.5, 0.6) is 5.75 Å². The van der Waals surface area contributed by atoms with Gasteiger partial charge in [0, 0.05) is 17.1 Å². The van der Waals surface area contributed by atoms with Crippen molar-refractivity contribution < 1.29 is 9.53 Å². The number of ether oxygens (including phenoxy) is 1. The van der Waals surface area contributed by atoms with Crippen LogP contribution in [0.25, 0.3) is 17.2 Å². The molecule has 0 bridgehead atoms. The fourth-order valence-electron chi connectivity index (χ4n) is 2.96. The second kappa shape index (κ2) is 8.42. The Kier molecular flexibility index (Phi) is 5.53. The third kappa shape index (κ3) is 3.92. The van der Waals surface area contributed by atoms with Crippen molar-refractivity contribution in [2.24, 2.45) is 0 Å². The summed E-state index contributed by atoms with van der Waals surface area (Å²) in [4.78, 5) is 16.9. The van der Waals surface area contributed by atoms with E-state index in [-0.39, 0.29) is 5.91 Å². The molecule has 0 aliphatic rings. The highest BCUT2D eigenvalue weighted by Gasteiger charge is 2.18. The molecule has 0 atom stereocenters. The average molecular weight is 420 g/mol. The summed E-state index contributed by atoms with van der Waals surface area (Å²) < 4.78 is 11.3. The number of rotatable bonds is 6. The highest BCUT2D eigenvalue weighted by atomic mass is 32.1. The van der Waals surface area contributed by atoms with E-state index in [1.165, 1.54) is 5.56 Å². The zero-order valence-corrected chi connectivity index (χ0v) is 17.6. The molecule has 0 radical (unpaired) electrons.